The van der Waals surface area contributed by atoms with Crippen molar-refractivity contribution in [2.45, 2.75) is 37.8 Å². The van der Waals surface area contributed by atoms with E-state index in [1.54, 1.807) is 4.90 Å². The van der Waals surface area contributed by atoms with E-state index in [1.165, 1.54) is 0 Å². The molecule has 2 rings (SSSR count). The largest absolute Gasteiger partial charge is 0.465 e. The third kappa shape index (κ3) is 2.30. The van der Waals surface area contributed by atoms with Crippen LogP contribution in [0.3, 0.4) is 0 Å². The molecule has 2 heterocycles. The third-order valence-electron chi connectivity index (χ3n) is 3.78. The number of hydrogen-bond acceptors (Lipinski definition) is 3. The fourth-order valence-electron chi connectivity index (χ4n) is 2.89. The molecule has 0 bridgehead atoms. The zero-order valence-corrected chi connectivity index (χ0v) is 9.51. The van der Waals surface area contributed by atoms with Crippen molar-refractivity contribution in [3.63, 3.8) is 0 Å². The summed E-state index contributed by atoms with van der Waals surface area (Å²) in [7, 11) is 0. The maximum Gasteiger partial charge on any atom is 0.407 e. The average molecular weight is 228 g/mol. The van der Waals surface area contributed by atoms with Gasteiger partial charge in [-0.2, -0.15) is 0 Å². The highest BCUT2D eigenvalue weighted by Crippen LogP contribution is 2.23. The van der Waals surface area contributed by atoms with E-state index in [4.69, 9.17) is 5.11 Å². The van der Waals surface area contributed by atoms with Gasteiger partial charge in [-0.3, -0.25) is 4.90 Å². The van der Waals surface area contributed by atoms with Crippen LogP contribution in [0.5, 0.6) is 0 Å². The molecule has 2 aliphatic heterocycles. The monoisotopic (exact) mass is 228 g/mol. The Hall–Kier alpha value is -0.810. The fourth-order valence-corrected chi connectivity index (χ4v) is 2.89. The van der Waals surface area contributed by atoms with Crippen molar-refractivity contribution in [1.82, 2.24) is 9.80 Å². The van der Waals surface area contributed by atoms with Crippen LogP contribution in [0.1, 0.15) is 25.7 Å². The van der Waals surface area contributed by atoms with Crippen LogP contribution in [0, 0.1) is 0 Å². The zero-order valence-electron chi connectivity index (χ0n) is 9.51. The Morgan fingerprint density at radius 1 is 1.19 bits per heavy atom. The van der Waals surface area contributed by atoms with Gasteiger partial charge in [0.2, 0.25) is 0 Å². The quantitative estimate of drug-likeness (QED) is 0.742. The van der Waals surface area contributed by atoms with Gasteiger partial charge in [-0.05, 0) is 32.2 Å². The second kappa shape index (κ2) is 5.01. The maximum absolute atomic E-state index is 11.0. The molecule has 92 valence electrons. The van der Waals surface area contributed by atoms with Gasteiger partial charge in [0, 0.05) is 25.2 Å². The molecular weight excluding hydrogens is 208 g/mol. The topological polar surface area (TPSA) is 64.0 Å². The highest BCUT2D eigenvalue weighted by atomic mass is 16.4. The third-order valence-corrected chi connectivity index (χ3v) is 3.78. The molecule has 2 N–H and O–H groups in total. The molecule has 16 heavy (non-hydrogen) atoms. The molecule has 2 aliphatic rings. The van der Waals surface area contributed by atoms with Crippen LogP contribution in [-0.4, -0.2) is 64.4 Å². The second-order valence-corrected chi connectivity index (χ2v) is 4.75. The van der Waals surface area contributed by atoms with Gasteiger partial charge in [0.05, 0.1) is 6.61 Å². The number of likely N-dealkylation sites (tertiary alicyclic amines) is 2. The SMILES string of the molecule is O=C(O)N1CCCC1CN1CCCC1CO. The molecule has 0 spiro atoms. The maximum atomic E-state index is 11.0. The first-order chi connectivity index (χ1) is 7.72. The summed E-state index contributed by atoms with van der Waals surface area (Å²) in [6, 6.07) is 0.376. The van der Waals surface area contributed by atoms with Gasteiger partial charge in [-0.1, -0.05) is 0 Å². The Morgan fingerprint density at radius 2 is 1.88 bits per heavy atom. The van der Waals surface area contributed by atoms with Gasteiger partial charge >= 0.3 is 6.09 Å². The minimum absolute atomic E-state index is 0.129. The van der Waals surface area contributed by atoms with Crippen LogP contribution in [0.25, 0.3) is 0 Å². The van der Waals surface area contributed by atoms with Crippen molar-refractivity contribution in [2.75, 3.05) is 26.2 Å². The molecule has 0 saturated carbocycles. The highest BCUT2D eigenvalue weighted by Gasteiger charge is 2.33. The molecule has 1 amide bonds. The lowest BCUT2D eigenvalue weighted by Gasteiger charge is -2.29. The summed E-state index contributed by atoms with van der Waals surface area (Å²) < 4.78 is 0. The van der Waals surface area contributed by atoms with Crippen molar-refractivity contribution >= 4 is 6.09 Å². The lowest BCUT2D eigenvalue weighted by molar-refractivity contribution is 0.108. The van der Waals surface area contributed by atoms with Crippen molar-refractivity contribution in [1.29, 1.82) is 0 Å². The van der Waals surface area contributed by atoms with Gasteiger partial charge in [0.1, 0.15) is 0 Å². The van der Waals surface area contributed by atoms with E-state index in [-0.39, 0.29) is 18.7 Å². The Kier molecular flexibility index (Phi) is 3.66. The van der Waals surface area contributed by atoms with E-state index in [0.717, 1.165) is 38.8 Å². The van der Waals surface area contributed by atoms with Crippen molar-refractivity contribution in [3.05, 3.63) is 0 Å². The van der Waals surface area contributed by atoms with Crippen molar-refractivity contribution in [3.8, 4) is 0 Å². The zero-order chi connectivity index (χ0) is 11.5. The Bertz CT molecular complexity index is 260. The van der Waals surface area contributed by atoms with Gasteiger partial charge in [0.15, 0.2) is 0 Å². The van der Waals surface area contributed by atoms with Gasteiger partial charge in [-0.25, -0.2) is 4.79 Å². The molecule has 0 aromatic heterocycles. The van der Waals surface area contributed by atoms with E-state index in [9.17, 15) is 9.90 Å². The highest BCUT2D eigenvalue weighted by molar-refractivity contribution is 5.65. The van der Waals surface area contributed by atoms with Crippen molar-refractivity contribution in [2.24, 2.45) is 0 Å². The van der Waals surface area contributed by atoms with E-state index < -0.39 is 6.09 Å². The smallest absolute Gasteiger partial charge is 0.407 e. The Morgan fingerprint density at radius 3 is 2.56 bits per heavy atom. The molecule has 0 aliphatic carbocycles. The predicted molar refractivity (Wildman–Crippen MR) is 59.4 cm³/mol. The summed E-state index contributed by atoms with van der Waals surface area (Å²) in [6.45, 7) is 2.64. The van der Waals surface area contributed by atoms with Crippen LogP contribution in [0.4, 0.5) is 4.79 Å². The molecule has 0 radical (unpaired) electrons. The van der Waals surface area contributed by atoms with E-state index in [1.807, 2.05) is 0 Å². The van der Waals surface area contributed by atoms with E-state index in [0.29, 0.717) is 6.54 Å². The second-order valence-electron chi connectivity index (χ2n) is 4.75. The fraction of sp³-hybridized carbons (Fsp3) is 0.909. The predicted octanol–water partition coefficient (Wildman–Crippen LogP) is 0.586. The molecule has 2 atom stereocenters. The van der Waals surface area contributed by atoms with Crippen LogP contribution < -0.4 is 0 Å². The van der Waals surface area contributed by atoms with Gasteiger partial charge < -0.3 is 15.1 Å². The lowest BCUT2D eigenvalue weighted by atomic mass is 10.2. The minimum atomic E-state index is -0.803. The molecule has 2 saturated heterocycles. The number of nitrogens with zero attached hydrogens (tertiary/aromatic N) is 2. The summed E-state index contributed by atoms with van der Waals surface area (Å²) in [6.07, 6.45) is 3.28. The summed E-state index contributed by atoms with van der Waals surface area (Å²) in [5, 5.41) is 18.3. The Labute approximate surface area is 95.6 Å². The summed E-state index contributed by atoms with van der Waals surface area (Å²) in [5.41, 5.74) is 0. The molecule has 0 aromatic rings. The first kappa shape index (κ1) is 11.7. The number of carboxylic acid groups (broad SMARTS) is 1. The van der Waals surface area contributed by atoms with Crippen LogP contribution in [-0.2, 0) is 0 Å². The van der Waals surface area contributed by atoms with Crippen LogP contribution in [0.2, 0.25) is 0 Å². The van der Waals surface area contributed by atoms with E-state index in [2.05, 4.69) is 4.90 Å². The number of hydrogen-bond donors (Lipinski definition) is 2. The van der Waals surface area contributed by atoms with Crippen LogP contribution in [0.15, 0.2) is 0 Å². The average Bonchev–Trinajstić information content (AvgIpc) is 2.86. The van der Waals surface area contributed by atoms with Crippen molar-refractivity contribution < 1.29 is 15.0 Å². The minimum Gasteiger partial charge on any atom is -0.465 e. The normalized spacial score (nSPS) is 31.2. The number of aliphatic hydroxyl groups excluding tert-OH is 1. The first-order valence-corrected chi connectivity index (χ1v) is 6.07. The number of rotatable bonds is 3. The summed E-state index contributed by atoms with van der Waals surface area (Å²) in [4.78, 5) is 14.8. The van der Waals surface area contributed by atoms with Crippen LogP contribution >= 0.6 is 0 Å². The molecular formula is C11H20N2O3. The summed E-state index contributed by atoms with van der Waals surface area (Å²) in [5.74, 6) is 0. The van der Waals surface area contributed by atoms with E-state index >= 15 is 0 Å². The first-order valence-electron chi connectivity index (χ1n) is 6.07. The van der Waals surface area contributed by atoms with Gasteiger partial charge in [0.25, 0.3) is 0 Å². The molecule has 5 nitrogen and oxygen atoms in total. The number of carbonyl (C=O) groups is 1. The molecule has 2 unspecified atom stereocenters. The molecule has 5 heteroatoms. The molecule has 0 aromatic carbocycles. The lowest BCUT2D eigenvalue weighted by Crippen LogP contribution is -2.45. The Balaban J connectivity index is 1.90. The summed E-state index contributed by atoms with van der Waals surface area (Å²) >= 11 is 0. The van der Waals surface area contributed by atoms with Gasteiger partial charge in [-0.15, -0.1) is 0 Å². The molecule has 2 fully saturated rings. The standard InChI is InChI=1S/C11H20N2O3/c14-8-10-4-1-5-12(10)7-9-3-2-6-13(9)11(15)16/h9-10,14H,1-8H2,(H,15,16). The number of aliphatic hydroxyl groups is 1. The number of amides is 1.